The molecule has 0 spiro atoms. The molecule has 1 atom stereocenters. The second kappa shape index (κ2) is 8.20. The van der Waals surface area contributed by atoms with E-state index in [1.54, 1.807) is 20.8 Å². The summed E-state index contributed by atoms with van der Waals surface area (Å²) in [7, 11) is -5.83. The molecule has 1 rings (SSSR count). The first-order valence-corrected chi connectivity index (χ1v) is 10.2. The number of rotatable bonds is 9. The Bertz CT molecular complexity index is 695. The minimum absolute atomic E-state index is 0.0129. The number of nitrogens with one attached hydrogen (secondary N) is 1. The van der Waals surface area contributed by atoms with Gasteiger partial charge in [-0.3, -0.25) is 0 Å². The summed E-state index contributed by atoms with van der Waals surface area (Å²) in [4.78, 5) is 0.0871. The van der Waals surface area contributed by atoms with Gasteiger partial charge < -0.3 is 4.74 Å². The molecule has 7 nitrogen and oxygen atoms in total. The molecular formula is C14H24N2O5S2. The van der Waals surface area contributed by atoms with E-state index in [9.17, 15) is 16.8 Å². The molecule has 1 aromatic rings. The van der Waals surface area contributed by atoms with E-state index in [4.69, 9.17) is 4.74 Å². The minimum Gasteiger partial charge on any atom is -0.383 e. The van der Waals surface area contributed by atoms with Gasteiger partial charge in [0, 0.05) is 26.2 Å². The predicted molar refractivity (Wildman–Crippen MR) is 88.2 cm³/mol. The molecule has 23 heavy (non-hydrogen) atoms. The Kier molecular flexibility index (Phi) is 7.15. The van der Waals surface area contributed by atoms with Crippen LogP contribution < -0.4 is 4.72 Å². The van der Waals surface area contributed by atoms with E-state index in [0.29, 0.717) is 13.1 Å². The van der Waals surface area contributed by atoms with Crippen LogP contribution in [0.5, 0.6) is 0 Å². The van der Waals surface area contributed by atoms with Crippen LogP contribution >= 0.6 is 0 Å². The zero-order chi connectivity index (χ0) is 17.7. The van der Waals surface area contributed by atoms with Crippen LogP contribution in [-0.4, -0.2) is 54.0 Å². The van der Waals surface area contributed by atoms with E-state index >= 15 is 0 Å². The first-order chi connectivity index (χ1) is 10.7. The molecule has 0 aromatic heterocycles. The summed E-state index contributed by atoms with van der Waals surface area (Å²) in [5.74, 6) is 0. The molecule has 0 radical (unpaired) electrons. The lowest BCUT2D eigenvalue weighted by Crippen LogP contribution is -2.35. The Morgan fingerprint density at radius 1 is 1.04 bits per heavy atom. The van der Waals surface area contributed by atoms with Gasteiger partial charge in [-0.1, -0.05) is 13.8 Å². The predicted octanol–water partition coefficient (Wildman–Crippen LogP) is 1.03. The first-order valence-electron chi connectivity index (χ1n) is 7.30. The first kappa shape index (κ1) is 20.0. The number of hydrogen-bond donors (Lipinski definition) is 1. The van der Waals surface area contributed by atoms with E-state index in [0.717, 1.165) is 0 Å². The summed E-state index contributed by atoms with van der Waals surface area (Å²) < 4.78 is 57.8. The quantitative estimate of drug-likeness (QED) is 0.706. The summed E-state index contributed by atoms with van der Waals surface area (Å²) >= 11 is 0. The van der Waals surface area contributed by atoms with Crippen LogP contribution in [0.25, 0.3) is 0 Å². The SMILES string of the molecule is CCN(CC)S(=O)(=O)c1ccc(S(=O)(=O)N[C@@H](C)COC)cc1. The van der Waals surface area contributed by atoms with Crippen LogP contribution in [0.2, 0.25) is 0 Å². The van der Waals surface area contributed by atoms with Crippen LogP contribution in [-0.2, 0) is 24.8 Å². The van der Waals surface area contributed by atoms with Crippen LogP contribution in [0.1, 0.15) is 20.8 Å². The van der Waals surface area contributed by atoms with Gasteiger partial charge in [0.2, 0.25) is 20.0 Å². The standard InChI is InChI=1S/C14H24N2O5S2/c1-5-16(6-2)23(19,20)14-9-7-13(8-10-14)22(17,18)15-12(3)11-21-4/h7-10,12,15H,5-6,11H2,1-4H3/t12-/m0/s1. The number of ether oxygens (including phenoxy) is 1. The van der Waals surface area contributed by atoms with E-state index in [-0.39, 0.29) is 22.4 Å². The maximum Gasteiger partial charge on any atom is 0.243 e. The highest BCUT2D eigenvalue weighted by Crippen LogP contribution is 2.18. The Morgan fingerprint density at radius 2 is 1.52 bits per heavy atom. The summed E-state index contributed by atoms with van der Waals surface area (Å²) in [6.45, 7) is 6.14. The Labute approximate surface area is 138 Å². The molecule has 0 aliphatic carbocycles. The maximum absolute atomic E-state index is 12.4. The molecule has 0 fully saturated rings. The Hall–Kier alpha value is -1.00. The molecule has 0 saturated heterocycles. The average Bonchev–Trinajstić information content (AvgIpc) is 2.48. The van der Waals surface area contributed by atoms with Crippen molar-refractivity contribution in [1.82, 2.24) is 9.03 Å². The number of hydrogen-bond acceptors (Lipinski definition) is 5. The lowest BCUT2D eigenvalue weighted by molar-refractivity contribution is 0.180. The van der Waals surface area contributed by atoms with Crippen molar-refractivity contribution in [1.29, 1.82) is 0 Å². The molecule has 9 heteroatoms. The Morgan fingerprint density at radius 3 is 1.96 bits per heavy atom. The summed E-state index contributed by atoms with van der Waals surface area (Å²) in [6.07, 6.45) is 0. The van der Waals surface area contributed by atoms with E-state index < -0.39 is 20.0 Å². The highest BCUT2D eigenvalue weighted by atomic mass is 32.2. The number of methoxy groups -OCH3 is 1. The number of sulfonamides is 2. The second-order valence-electron chi connectivity index (χ2n) is 5.04. The van der Waals surface area contributed by atoms with Crippen molar-refractivity contribution in [2.45, 2.75) is 36.6 Å². The van der Waals surface area contributed by atoms with Crippen LogP contribution in [0.15, 0.2) is 34.1 Å². The zero-order valence-corrected chi connectivity index (χ0v) is 15.4. The fourth-order valence-electron chi connectivity index (χ4n) is 2.12. The van der Waals surface area contributed by atoms with Gasteiger partial charge in [0.1, 0.15) is 0 Å². The lowest BCUT2D eigenvalue weighted by Gasteiger charge is -2.18. The largest absolute Gasteiger partial charge is 0.383 e. The fraction of sp³-hybridized carbons (Fsp3) is 0.571. The molecular weight excluding hydrogens is 340 g/mol. The molecule has 0 aliphatic heterocycles. The molecule has 0 unspecified atom stereocenters. The normalized spacial score (nSPS) is 14.1. The van der Waals surface area contributed by atoms with Crippen LogP contribution in [0.4, 0.5) is 0 Å². The van der Waals surface area contributed by atoms with Crippen molar-refractivity contribution in [3.8, 4) is 0 Å². The zero-order valence-electron chi connectivity index (χ0n) is 13.8. The second-order valence-corrected chi connectivity index (χ2v) is 8.69. The number of nitrogens with zero attached hydrogens (tertiary/aromatic N) is 1. The van der Waals surface area contributed by atoms with Crippen molar-refractivity contribution in [2.24, 2.45) is 0 Å². The van der Waals surface area contributed by atoms with Crippen molar-refractivity contribution in [2.75, 3.05) is 26.8 Å². The number of benzene rings is 1. The molecule has 0 heterocycles. The molecule has 0 amide bonds. The van der Waals surface area contributed by atoms with Gasteiger partial charge in [-0.2, -0.15) is 4.31 Å². The Balaban J connectivity index is 3.05. The summed E-state index contributed by atoms with van der Waals surface area (Å²) in [5, 5.41) is 0. The molecule has 0 bridgehead atoms. The summed E-state index contributed by atoms with van der Waals surface area (Å²) in [5.41, 5.74) is 0. The van der Waals surface area contributed by atoms with Crippen molar-refractivity contribution in [3.05, 3.63) is 24.3 Å². The van der Waals surface area contributed by atoms with E-state index in [1.165, 1.54) is 35.7 Å². The molecule has 1 aromatic carbocycles. The smallest absolute Gasteiger partial charge is 0.243 e. The van der Waals surface area contributed by atoms with Gasteiger partial charge in [0.25, 0.3) is 0 Å². The van der Waals surface area contributed by atoms with Gasteiger partial charge in [-0.15, -0.1) is 0 Å². The third kappa shape index (κ3) is 4.98. The highest BCUT2D eigenvalue weighted by Gasteiger charge is 2.23. The third-order valence-electron chi connectivity index (χ3n) is 3.25. The van der Waals surface area contributed by atoms with E-state index in [2.05, 4.69) is 4.72 Å². The molecule has 132 valence electrons. The molecule has 1 N–H and O–H groups in total. The molecule has 0 aliphatic rings. The van der Waals surface area contributed by atoms with Gasteiger partial charge in [-0.05, 0) is 31.2 Å². The monoisotopic (exact) mass is 364 g/mol. The van der Waals surface area contributed by atoms with Gasteiger partial charge >= 0.3 is 0 Å². The van der Waals surface area contributed by atoms with Crippen molar-refractivity contribution < 1.29 is 21.6 Å². The van der Waals surface area contributed by atoms with Crippen LogP contribution in [0, 0.1) is 0 Å². The van der Waals surface area contributed by atoms with Gasteiger partial charge in [0.15, 0.2) is 0 Å². The van der Waals surface area contributed by atoms with Gasteiger partial charge in [-0.25, -0.2) is 21.6 Å². The van der Waals surface area contributed by atoms with E-state index in [1.807, 2.05) is 0 Å². The average molecular weight is 364 g/mol. The maximum atomic E-state index is 12.4. The fourth-order valence-corrected chi connectivity index (χ4v) is 4.81. The van der Waals surface area contributed by atoms with Crippen LogP contribution in [0.3, 0.4) is 0 Å². The highest BCUT2D eigenvalue weighted by molar-refractivity contribution is 7.89. The summed E-state index contributed by atoms with van der Waals surface area (Å²) in [6, 6.07) is 4.81. The third-order valence-corrected chi connectivity index (χ3v) is 6.92. The van der Waals surface area contributed by atoms with Crippen molar-refractivity contribution in [3.63, 3.8) is 0 Å². The topological polar surface area (TPSA) is 92.8 Å². The minimum atomic E-state index is -3.71. The van der Waals surface area contributed by atoms with Gasteiger partial charge in [0.05, 0.1) is 16.4 Å². The lowest BCUT2D eigenvalue weighted by atomic mass is 10.4. The molecule has 0 saturated carbocycles. The van der Waals surface area contributed by atoms with Crippen molar-refractivity contribution >= 4 is 20.0 Å².